The Kier molecular flexibility index (Phi) is 6.23. The lowest BCUT2D eigenvalue weighted by Gasteiger charge is -2.34. The van der Waals surface area contributed by atoms with Crippen LogP contribution in [-0.4, -0.2) is 75.9 Å². The van der Waals surface area contributed by atoms with Crippen LogP contribution in [0.15, 0.2) is 4.79 Å². The number of amides is 2. The predicted molar refractivity (Wildman–Crippen MR) is 91.5 cm³/mol. The van der Waals surface area contributed by atoms with E-state index in [1.54, 1.807) is 14.4 Å². The summed E-state index contributed by atoms with van der Waals surface area (Å²) in [4.78, 5) is 27.6. The van der Waals surface area contributed by atoms with E-state index in [0.717, 1.165) is 31.6 Å². The van der Waals surface area contributed by atoms with E-state index in [1.807, 2.05) is 0 Å². The van der Waals surface area contributed by atoms with Crippen molar-refractivity contribution in [3.05, 3.63) is 16.3 Å². The highest BCUT2D eigenvalue weighted by Gasteiger charge is 2.22. The lowest BCUT2D eigenvalue weighted by atomic mass is 10.2. The average Bonchev–Trinajstić information content (AvgIpc) is 2.95. The minimum Gasteiger partial charge on any atom is -0.338 e. The molecule has 1 saturated heterocycles. The number of carbonyl (C=O) groups is 1. The van der Waals surface area contributed by atoms with Gasteiger partial charge in [-0.2, -0.15) is 5.10 Å². The minimum absolute atomic E-state index is 0.0684. The Bertz CT molecular complexity index is 666. The summed E-state index contributed by atoms with van der Waals surface area (Å²) in [5.41, 5.74) is -0.0684. The number of carbonyl (C=O) groups excluding carboxylic acids is 1. The van der Waals surface area contributed by atoms with Crippen LogP contribution in [0.5, 0.6) is 0 Å². The molecular weight excluding hydrogens is 346 g/mol. The number of nitrogens with zero attached hydrogens (tertiary/aromatic N) is 5. The molecule has 0 aromatic carbocycles. The highest BCUT2D eigenvalue weighted by molar-refractivity contribution is 5.74. The number of fused-ring (bicyclic) bond motifs is 1. The molecule has 3 rings (SSSR count). The number of urea groups is 1. The Hall–Kier alpha value is -1.97. The Morgan fingerprint density at radius 2 is 1.92 bits per heavy atom. The fourth-order valence-corrected chi connectivity index (χ4v) is 3.46. The van der Waals surface area contributed by atoms with E-state index < -0.39 is 6.43 Å². The maximum Gasteiger partial charge on any atom is 0.345 e. The van der Waals surface area contributed by atoms with Gasteiger partial charge in [0.1, 0.15) is 5.82 Å². The molecule has 0 bridgehead atoms. The second kappa shape index (κ2) is 8.61. The number of piperazine rings is 1. The SMILES string of the molecule is O=C(NCCCn1nc2n(c1=O)CCCC2)N1CCN(CC(F)F)CC1. The van der Waals surface area contributed by atoms with Crippen molar-refractivity contribution in [2.75, 3.05) is 39.3 Å². The van der Waals surface area contributed by atoms with Crippen molar-refractivity contribution in [3.63, 3.8) is 0 Å². The third-order valence-corrected chi connectivity index (χ3v) is 4.91. The zero-order valence-electron chi connectivity index (χ0n) is 14.9. The van der Waals surface area contributed by atoms with Gasteiger partial charge >= 0.3 is 11.7 Å². The van der Waals surface area contributed by atoms with Gasteiger partial charge in [0, 0.05) is 52.2 Å². The number of rotatable bonds is 6. The van der Waals surface area contributed by atoms with E-state index in [1.165, 1.54) is 4.68 Å². The fraction of sp³-hybridized carbons (Fsp3) is 0.812. The van der Waals surface area contributed by atoms with E-state index in [2.05, 4.69) is 10.4 Å². The van der Waals surface area contributed by atoms with Crippen molar-refractivity contribution < 1.29 is 13.6 Å². The van der Waals surface area contributed by atoms with Crippen molar-refractivity contribution in [1.29, 1.82) is 0 Å². The van der Waals surface area contributed by atoms with Gasteiger partial charge < -0.3 is 10.2 Å². The minimum atomic E-state index is -2.34. The van der Waals surface area contributed by atoms with Gasteiger partial charge in [0.2, 0.25) is 0 Å². The van der Waals surface area contributed by atoms with E-state index in [9.17, 15) is 18.4 Å². The van der Waals surface area contributed by atoms with Crippen molar-refractivity contribution in [3.8, 4) is 0 Å². The first-order valence-electron chi connectivity index (χ1n) is 9.24. The number of aryl methyl sites for hydroxylation is 2. The molecule has 3 heterocycles. The average molecular weight is 372 g/mol. The first-order chi connectivity index (χ1) is 12.5. The van der Waals surface area contributed by atoms with Crippen molar-refractivity contribution in [1.82, 2.24) is 29.5 Å². The Balaban J connectivity index is 1.37. The number of nitrogens with one attached hydrogen (secondary N) is 1. The Morgan fingerprint density at radius 3 is 2.62 bits per heavy atom. The second-order valence-electron chi connectivity index (χ2n) is 6.79. The maximum atomic E-state index is 12.4. The van der Waals surface area contributed by atoms with Gasteiger partial charge in [-0.15, -0.1) is 0 Å². The number of halogens is 2. The van der Waals surface area contributed by atoms with Crippen LogP contribution in [0.2, 0.25) is 0 Å². The Labute approximate surface area is 150 Å². The van der Waals surface area contributed by atoms with Crippen molar-refractivity contribution in [2.24, 2.45) is 0 Å². The number of alkyl halides is 2. The predicted octanol–water partition coefficient (Wildman–Crippen LogP) is 0.364. The molecule has 0 spiro atoms. The van der Waals surface area contributed by atoms with Crippen molar-refractivity contribution >= 4 is 6.03 Å². The van der Waals surface area contributed by atoms with Crippen LogP contribution in [0.1, 0.15) is 25.1 Å². The molecule has 26 heavy (non-hydrogen) atoms. The van der Waals surface area contributed by atoms with Crippen LogP contribution < -0.4 is 11.0 Å². The molecule has 1 fully saturated rings. The smallest absolute Gasteiger partial charge is 0.338 e. The zero-order chi connectivity index (χ0) is 18.5. The largest absolute Gasteiger partial charge is 0.345 e. The quantitative estimate of drug-likeness (QED) is 0.732. The number of aromatic nitrogens is 3. The van der Waals surface area contributed by atoms with E-state index in [-0.39, 0.29) is 18.3 Å². The molecule has 8 nitrogen and oxygen atoms in total. The van der Waals surface area contributed by atoms with Gasteiger partial charge in [-0.1, -0.05) is 0 Å². The molecule has 1 aromatic heterocycles. The van der Waals surface area contributed by atoms with Crippen LogP contribution in [0.4, 0.5) is 13.6 Å². The monoisotopic (exact) mass is 372 g/mol. The molecule has 146 valence electrons. The van der Waals surface area contributed by atoms with Crippen LogP contribution >= 0.6 is 0 Å². The molecule has 2 aliphatic heterocycles. The van der Waals surface area contributed by atoms with Crippen molar-refractivity contribution in [2.45, 2.75) is 45.2 Å². The summed E-state index contributed by atoms with van der Waals surface area (Å²) in [6.45, 7) is 3.26. The second-order valence-corrected chi connectivity index (χ2v) is 6.79. The third kappa shape index (κ3) is 4.60. The summed E-state index contributed by atoms with van der Waals surface area (Å²) in [5.74, 6) is 0.854. The zero-order valence-corrected chi connectivity index (χ0v) is 14.9. The lowest BCUT2D eigenvalue weighted by Crippen LogP contribution is -2.52. The standard InChI is InChI=1S/C16H26F2N6O2/c17-13(18)12-21-8-10-22(11-9-21)15(25)19-5-3-7-24-16(26)23-6-2-1-4-14(23)20-24/h13H,1-12H2,(H,19,25). The third-order valence-electron chi connectivity index (χ3n) is 4.91. The summed E-state index contributed by atoms with van der Waals surface area (Å²) >= 11 is 0. The Morgan fingerprint density at radius 1 is 1.15 bits per heavy atom. The summed E-state index contributed by atoms with van der Waals surface area (Å²) in [6.07, 6.45) is 1.20. The molecule has 1 N–H and O–H groups in total. The first kappa shape index (κ1) is 18.8. The first-order valence-corrected chi connectivity index (χ1v) is 9.24. The maximum absolute atomic E-state index is 12.4. The van der Waals surface area contributed by atoms with Crippen LogP contribution in [0, 0.1) is 0 Å². The molecular formula is C16H26F2N6O2. The topological polar surface area (TPSA) is 75.4 Å². The molecule has 0 radical (unpaired) electrons. The molecule has 0 aliphatic carbocycles. The molecule has 0 unspecified atom stereocenters. The van der Waals surface area contributed by atoms with Gasteiger partial charge in [-0.3, -0.25) is 9.47 Å². The molecule has 1 aromatic rings. The molecule has 2 aliphatic rings. The van der Waals surface area contributed by atoms with E-state index >= 15 is 0 Å². The summed E-state index contributed by atoms with van der Waals surface area (Å²) in [6, 6.07) is -0.182. The van der Waals surface area contributed by atoms with Gasteiger partial charge in [0.15, 0.2) is 0 Å². The normalized spacial score (nSPS) is 18.2. The molecule has 10 heteroatoms. The van der Waals surface area contributed by atoms with Crippen LogP contribution in [0.3, 0.4) is 0 Å². The lowest BCUT2D eigenvalue weighted by molar-refractivity contribution is 0.0636. The molecule has 0 atom stereocenters. The van der Waals surface area contributed by atoms with Crippen LogP contribution in [0.25, 0.3) is 0 Å². The van der Waals surface area contributed by atoms with Crippen LogP contribution in [-0.2, 0) is 19.5 Å². The van der Waals surface area contributed by atoms with Gasteiger partial charge in [-0.25, -0.2) is 23.1 Å². The highest BCUT2D eigenvalue weighted by atomic mass is 19.3. The van der Waals surface area contributed by atoms with E-state index in [0.29, 0.717) is 45.7 Å². The molecule has 0 saturated carbocycles. The number of hydrogen-bond acceptors (Lipinski definition) is 4. The van der Waals surface area contributed by atoms with Gasteiger partial charge in [-0.05, 0) is 19.3 Å². The fourth-order valence-electron chi connectivity index (χ4n) is 3.46. The number of hydrogen-bond donors (Lipinski definition) is 1. The summed E-state index contributed by atoms with van der Waals surface area (Å²) in [7, 11) is 0. The molecule has 2 amide bonds. The highest BCUT2D eigenvalue weighted by Crippen LogP contribution is 2.09. The summed E-state index contributed by atoms with van der Waals surface area (Å²) in [5, 5.41) is 7.20. The summed E-state index contributed by atoms with van der Waals surface area (Å²) < 4.78 is 27.9. The van der Waals surface area contributed by atoms with Gasteiger partial charge in [0.05, 0.1) is 6.54 Å². The van der Waals surface area contributed by atoms with Gasteiger partial charge in [0.25, 0.3) is 6.43 Å². The van der Waals surface area contributed by atoms with E-state index in [4.69, 9.17) is 0 Å².